The second kappa shape index (κ2) is 19.3. The molecule has 0 aliphatic heterocycles. The Morgan fingerprint density at radius 3 is 1.75 bits per heavy atom. The molecular weight excluding hydrogens is 432 g/mol. The van der Waals surface area contributed by atoms with Gasteiger partial charge in [0.1, 0.15) is 15.2 Å². The second-order valence-corrected chi connectivity index (χ2v) is 9.06. The molecule has 15 heteroatoms. The van der Waals surface area contributed by atoms with Gasteiger partial charge in [-0.3, -0.25) is 9.69 Å². The van der Waals surface area contributed by atoms with Crippen LogP contribution >= 0.6 is 15.2 Å². The molecule has 0 aromatic heterocycles. The summed E-state index contributed by atoms with van der Waals surface area (Å²) in [5, 5.41) is 9.02. The van der Waals surface area contributed by atoms with E-state index in [0.29, 0.717) is 24.4 Å². The van der Waals surface area contributed by atoms with Crippen molar-refractivity contribution in [2.75, 3.05) is 51.8 Å². The Hall–Kier alpha value is 1.65. The Kier molecular flexibility index (Phi) is 23.7. The van der Waals surface area contributed by atoms with Gasteiger partial charge in [0.25, 0.3) is 0 Å². The molecule has 2 unspecified atom stereocenters. The number of hydrogen-bond donors (Lipinski definition) is 5. The molecule has 0 saturated carbocycles. The van der Waals surface area contributed by atoms with E-state index in [1.807, 2.05) is 0 Å². The van der Waals surface area contributed by atoms with Crippen LogP contribution in [-0.4, -0.2) is 72.4 Å². The van der Waals surface area contributed by atoms with E-state index in [1.165, 1.54) is 0 Å². The molecular formula is C13H30N4Na2O7P2. The third-order valence-corrected chi connectivity index (χ3v) is 4.63. The third kappa shape index (κ3) is 25.7. The van der Waals surface area contributed by atoms with Gasteiger partial charge in [-0.15, -0.1) is 0 Å². The summed E-state index contributed by atoms with van der Waals surface area (Å²) in [7, 11) is -9.62. The minimum Gasteiger partial charge on any atom is -0.778 e. The van der Waals surface area contributed by atoms with E-state index in [0.717, 1.165) is 32.5 Å². The summed E-state index contributed by atoms with van der Waals surface area (Å²) < 4.78 is 21.8. The third-order valence-electron chi connectivity index (χ3n) is 3.11. The normalized spacial score (nSPS) is 15.1. The van der Waals surface area contributed by atoms with E-state index in [-0.39, 0.29) is 59.1 Å². The summed E-state index contributed by atoms with van der Waals surface area (Å²) in [6.07, 6.45) is 0.657. The summed E-state index contributed by atoms with van der Waals surface area (Å²) in [5.41, 5.74) is 0. The Morgan fingerprint density at radius 1 is 0.893 bits per heavy atom. The molecule has 0 aromatic carbocycles. The Labute approximate surface area is 211 Å². The van der Waals surface area contributed by atoms with Crippen LogP contribution in [0.4, 0.5) is 0 Å². The van der Waals surface area contributed by atoms with Crippen LogP contribution in [0.1, 0.15) is 26.2 Å². The predicted molar refractivity (Wildman–Crippen MR) is 94.4 cm³/mol. The average molecular weight is 462 g/mol. The topological polar surface area (TPSA) is 177 Å². The minimum atomic E-state index is -4.81. The molecule has 0 heterocycles. The number of hydrogen-bond acceptors (Lipinski definition) is 8. The van der Waals surface area contributed by atoms with Crippen molar-refractivity contribution < 1.29 is 92.6 Å². The van der Waals surface area contributed by atoms with Crippen LogP contribution < -0.4 is 84.9 Å². The monoisotopic (exact) mass is 462 g/mol. The first-order valence-electron chi connectivity index (χ1n) is 8.49. The maximum atomic E-state index is 11.7. The van der Waals surface area contributed by atoms with E-state index in [1.54, 1.807) is 0 Å². The van der Waals surface area contributed by atoms with Crippen molar-refractivity contribution >= 4 is 21.1 Å². The van der Waals surface area contributed by atoms with Gasteiger partial charge in [0.2, 0.25) is 5.91 Å². The molecule has 0 aliphatic rings. The fourth-order valence-corrected chi connectivity index (χ4v) is 3.68. The summed E-state index contributed by atoms with van der Waals surface area (Å²) in [6, 6.07) is 0. The molecule has 2 atom stereocenters. The molecule has 28 heavy (non-hydrogen) atoms. The first kappa shape index (κ1) is 34.3. The molecule has 0 aliphatic carbocycles. The van der Waals surface area contributed by atoms with Gasteiger partial charge >= 0.3 is 59.1 Å². The van der Waals surface area contributed by atoms with Gasteiger partial charge < -0.3 is 44.7 Å². The fraction of sp³-hybridized carbons (Fsp3) is 0.923. The van der Waals surface area contributed by atoms with Gasteiger partial charge in [0.15, 0.2) is 0 Å². The van der Waals surface area contributed by atoms with E-state index in [4.69, 9.17) is 9.79 Å². The van der Waals surface area contributed by atoms with E-state index >= 15 is 0 Å². The van der Waals surface area contributed by atoms with Crippen molar-refractivity contribution in [2.24, 2.45) is 0 Å². The van der Waals surface area contributed by atoms with Gasteiger partial charge in [0.05, 0.1) is 19.1 Å². The molecule has 0 fully saturated rings. The Bertz CT molecular complexity index is 470. The van der Waals surface area contributed by atoms with Crippen LogP contribution in [0.5, 0.6) is 0 Å². The van der Waals surface area contributed by atoms with Gasteiger partial charge in [-0.1, -0.05) is 6.92 Å². The second-order valence-electron chi connectivity index (χ2n) is 5.94. The summed E-state index contributed by atoms with van der Waals surface area (Å²) >= 11 is 0. The van der Waals surface area contributed by atoms with E-state index in [2.05, 4.69) is 22.9 Å². The first-order chi connectivity index (χ1) is 12.0. The smallest absolute Gasteiger partial charge is 0.778 e. The Balaban J connectivity index is -0.00000312. The molecule has 0 aromatic rings. The summed E-state index contributed by atoms with van der Waals surface area (Å²) in [4.78, 5) is 51.7. The zero-order chi connectivity index (χ0) is 20.1. The maximum Gasteiger partial charge on any atom is 1.00 e. The van der Waals surface area contributed by atoms with Gasteiger partial charge in [-0.2, -0.15) is 0 Å². The molecule has 5 N–H and O–H groups in total. The van der Waals surface area contributed by atoms with Crippen LogP contribution in [0.2, 0.25) is 0 Å². The number of rotatable bonds is 16. The van der Waals surface area contributed by atoms with Crippen molar-refractivity contribution in [1.82, 2.24) is 20.9 Å². The van der Waals surface area contributed by atoms with Gasteiger partial charge in [0, 0.05) is 6.54 Å². The van der Waals surface area contributed by atoms with Crippen molar-refractivity contribution in [3.8, 4) is 0 Å². The molecule has 1 amide bonds. The summed E-state index contributed by atoms with van der Waals surface area (Å²) in [5.74, 6) is -0.601. The number of carbonyl (C=O) groups excluding carboxylic acids is 1. The Morgan fingerprint density at radius 2 is 1.32 bits per heavy atom. The van der Waals surface area contributed by atoms with Crippen LogP contribution in [0, 0.1) is 0 Å². The van der Waals surface area contributed by atoms with Gasteiger partial charge in [-0.05, 0) is 45.4 Å². The fourth-order valence-electron chi connectivity index (χ4n) is 2.12. The standard InChI is InChI=1S/C13H32N4O7P2.2Na/c1-2-5-14-6-3-7-15-8-4-9-16-13(18)10-17(11-25(19,20)21)12-26(22,23)24;;/h14-15H,2-12H2,1H3,(H,16,18)(H2,19,20,21)(H2,22,23,24);;/q;2*+1/p-2. The molecule has 0 bridgehead atoms. The molecule has 156 valence electrons. The zero-order valence-corrected chi connectivity index (χ0v) is 22.8. The van der Waals surface area contributed by atoms with E-state index in [9.17, 15) is 23.7 Å². The van der Waals surface area contributed by atoms with E-state index < -0.39 is 40.2 Å². The number of amides is 1. The van der Waals surface area contributed by atoms with Gasteiger partial charge in [-0.25, -0.2) is 0 Å². The molecule has 0 rings (SSSR count). The number of nitrogens with one attached hydrogen (secondary N) is 3. The van der Waals surface area contributed by atoms with Crippen LogP contribution in [0.25, 0.3) is 0 Å². The zero-order valence-electron chi connectivity index (χ0n) is 17.1. The molecule has 0 spiro atoms. The van der Waals surface area contributed by atoms with Crippen LogP contribution in [0.3, 0.4) is 0 Å². The number of carbonyl (C=O) groups is 1. The predicted octanol–water partition coefficient (Wildman–Crippen LogP) is -8.21. The van der Waals surface area contributed by atoms with Crippen molar-refractivity contribution in [1.29, 1.82) is 0 Å². The summed E-state index contributed by atoms with van der Waals surface area (Å²) in [6.45, 7) is 5.34. The SMILES string of the molecule is CCCNCCCNCCCNC(=O)CN(CP(=O)([O-])O)CP(=O)([O-])O.[Na+].[Na+]. The minimum absolute atomic E-state index is 0. The van der Waals surface area contributed by atoms with Crippen molar-refractivity contribution in [3.63, 3.8) is 0 Å². The first-order valence-corrected chi connectivity index (χ1v) is 12.0. The molecule has 0 radical (unpaired) electrons. The molecule has 0 saturated heterocycles. The van der Waals surface area contributed by atoms with Crippen LogP contribution in [-0.2, 0) is 13.9 Å². The quantitative estimate of drug-likeness (QED) is 0.0841. The largest absolute Gasteiger partial charge is 1.00 e. The maximum absolute atomic E-state index is 11.7. The molecule has 11 nitrogen and oxygen atoms in total. The van der Waals surface area contributed by atoms with Crippen LogP contribution in [0.15, 0.2) is 0 Å². The van der Waals surface area contributed by atoms with Crippen molar-refractivity contribution in [3.05, 3.63) is 0 Å². The van der Waals surface area contributed by atoms with Crippen molar-refractivity contribution in [2.45, 2.75) is 26.2 Å². The average Bonchev–Trinajstić information content (AvgIpc) is 2.45. The number of nitrogens with zero attached hydrogens (tertiary/aromatic N) is 1.